The van der Waals surface area contributed by atoms with Crippen LogP contribution in [0.15, 0.2) is 12.1 Å². The summed E-state index contributed by atoms with van der Waals surface area (Å²) in [5, 5.41) is 1.63. The number of ether oxygens (including phenoxy) is 2. The zero-order valence-electron chi connectivity index (χ0n) is 8.14. The molecule has 14 heavy (non-hydrogen) atoms. The van der Waals surface area contributed by atoms with Crippen LogP contribution in [0.25, 0.3) is 0 Å². The molecule has 0 aliphatic heterocycles. The first kappa shape index (κ1) is 11.9. The SMILES string of the molecule is COc1cc(CBr)c(CBr)cc1OC. The molecule has 0 saturated heterocycles. The van der Waals surface area contributed by atoms with Gasteiger partial charge in [0.2, 0.25) is 0 Å². The van der Waals surface area contributed by atoms with E-state index in [4.69, 9.17) is 9.47 Å². The van der Waals surface area contributed by atoms with Crippen molar-refractivity contribution in [3.8, 4) is 11.5 Å². The summed E-state index contributed by atoms with van der Waals surface area (Å²) in [6.45, 7) is 0. The Hall–Kier alpha value is -0.220. The molecular weight excluding hydrogens is 312 g/mol. The molecule has 2 nitrogen and oxygen atoms in total. The van der Waals surface area contributed by atoms with E-state index in [1.54, 1.807) is 14.2 Å². The molecule has 0 unspecified atom stereocenters. The highest BCUT2D eigenvalue weighted by Crippen LogP contribution is 2.32. The van der Waals surface area contributed by atoms with Gasteiger partial charge in [0.05, 0.1) is 14.2 Å². The highest BCUT2D eigenvalue weighted by atomic mass is 79.9. The Bertz CT molecular complexity index is 255. The fourth-order valence-electron chi connectivity index (χ4n) is 1.21. The molecule has 0 saturated carbocycles. The van der Waals surface area contributed by atoms with E-state index in [1.807, 2.05) is 12.1 Å². The molecule has 1 aromatic rings. The predicted octanol–water partition coefficient (Wildman–Crippen LogP) is 3.49. The van der Waals surface area contributed by atoms with Crippen LogP contribution in [-0.4, -0.2) is 14.2 Å². The van der Waals surface area contributed by atoms with Gasteiger partial charge in [-0.05, 0) is 23.3 Å². The molecule has 0 atom stereocenters. The van der Waals surface area contributed by atoms with E-state index in [2.05, 4.69) is 31.9 Å². The van der Waals surface area contributed by atoms with Gasteiger partial charge in [0.25, 0.3) is 0 Å². The van der Waals surface area contributed by atoms with Crippen molar-refractivity contribution in [3.05, 3.63) is 23.3 Å². The minimum Gasteiger partial charge on any atom is -0.493 e. The lowest BCUT2D eigenvalue weighted by Gasteiger charge is -2.12. The van der Waals surface area contributed by atoms with Crippen molar-refractivity contribution in [2.45, 2.75) is 10.7 Å². The molecule has 1 aromatic carbocycles. The number of halogens is 2. The van der Waals surface area contributed by atoms with E-state index in [9.17, 15) is 0 Å². The first-order valence-electron chi connectivity index (χ1n) is 4.12. The summed E-state index contributed by atoms with van der Waals surface area (Å²) < 4.78 is 10.4. The van der Waals surface area contributed by atoms with Gasteiger partial charge in [-0.15, -0.1) is 0 Å². The fraction of sp³-hybridized carbons (Fsp3) is 0.400. The molecule has 0 amide bonds. The van der Waals surface area contributed by atoms with Crippen LogP contribution in [0, 0.1) is 0 Å². The smallest absolute Gasteiger partial charge is 0.161 e. The normalized spacial score (nSPS) is 10.0. The third-order valence-electron chi connectivity index (χ3n) is 1.99. The lowest BCUT2D eigenvalue weighted by Crippen LogP contribution is -1.95. The zero-order chi connectivity index (χ0) is 10.6. The third kappa shape index (κ3) is 2.42. The average Bonchev–Trinajstić information content (AvgIpc) is 2.26. The quantitative estimate of drug-likeness (QED) is 0.790. The molecule has 0 spiro atoms. The van der Waals surface area contributed by atoms with Crippen molar-refractivity contribution in [3.63, 3.8) is 0 Å². The van der Waals surface area contributed by atoms with E-state index in [0.29, 0.717) is 0 Å². The molecular formula is C10H12Br2O2. The second-order valence-electron chi connectivity index (χ2n) is 2.74. The second kappa shape index (κ2) is 5.61. The van der Waals surface area contributed by atoms with Crippen LogP contribution < -0.4 is 9.47 Å². The minimum atomic E-state index is 0.770. The molecule has 4 heteroatoms. The Morgan fingerprint density at radius 3 is 1.50 bits per heavy atom. The summed E-state index contributed by atoms with van der Waals surface area (Å²) in [6.07, 6.45) is 0. The molecule has 0 bridgehead atoms. The Morgan fingerprint density at radius 2 is 1.29 bits per heavy atom. The van der Waals surface area contributed by atoms with E-state index in [0.717, 1.165) is 22.2 Å². The summed E-state index contributed by atoms with van der Waals surface area (Å²) in [4.78, 5) is 0. The standard InChI is InChI=1S/C10H12Br2O2/c1-13-9-3-7(5-11)8(6-12)4-10(9)14-2/h3-4H,5-6H2,1-2H3. The molecule has 1 rings (SSSR count). The van der Waals surface area contributed by atoms with Gasteiger partial charge in [-0.2, -0.15) is 0 Å². The van der Waals surface area contributed by atoms with Crippen molar-refractivity contribution in [2.75, 3.05) is 14.2 Å². The maximum absolute atomic E-state index is 5.22. The average molecular weight is 324 g/mol. The molecule has 0 aliphatic carbocycles. The molecule has 0 fully saturated rings. The predicted molar refractivity (Wildman–Crippen MR) is 64.8 cm³/mol. The van der Waals surface area contributed by atoms with E-state index < -0.39 is 0 Å². The van der Waals surface area contributed by atoms with Gasteiger partial charge < -0.3 is 9.47 Å². The number of benzene rings is 1. The summed E-state index contributed by atoms with van der Waals surface area (Å²) in [7, 11) is 3.29. The van der Waals surface area contributed by atoms with Crippen LogP contribution in [0.3, 0.4) is 0 Å². The van der Waals surface area contributed by atoms with Crippen molar-refractivity contribution in [1.29, 1.82) is 0 Å². The van der Waals surface area contributed by atoms with E-state index in [-0.39, 0.29) is 0 Å². The Morgan fingerprint density at radius 1 is 0.929 bits per heavy atom. The van der Waals surface area contributed by atoms with Gasteiger partial charge in [-0.1, -0.05) is 31.9 Å². The van der Waals surface area contributed by atoms with Gasteiger partial charge in [-0.3, -0.25) is 0 Å². The zero-order valence-corrected chi connectivity index (χ0v) is 11.3. The van der Waals surface area contributed by atoms with Crippen LogP contribution >= 0.6 is 31.9 Å². The highest BCUT2D eigenvalue weighted by molar-refractivity contribution is 9.09. The van der Waals surface area contributed by atoms with Gasteiger partial charge in [-0.25, -0.2) is 0 Å². The van der Waals surface area contributed by atoms with E-state index >= 15 is 0 Å². The largest absolute Gasteiger partial charge is 0.493 e. The maximum Gasteiger partial charge on any atom is 0.161 e. The van der Waals surface area contributed by atoms with Crippen molar-refractivity contribution < 1.29 is 9.47 Å². The third-order valence-corrected chi connectivity index (χ3v) is 3.20. The maximum atomic E-state index is 5.22. The van der Waals surface area contributed by atoms with Gasteiger partial charge in [0, 0.05) is 10.7 Å². The first-order valence-corrected chi connectivity index (χ1v) is 6.36. The van der Waals surface area contributed by atoms with Crippen LogP contribution in [-0.2, 0) is 10.7 Å². The van der Waals surface area contributed by atoms with Crippen LogP contribution in [0.2, 0.25) is 0 Å². The molecule has 0 radical (unpaired) electrons. The highest BCUT2D eigenvalue weighted by Gasteiger charge is 2.09. The van der Waals surface area contributed by atoms with Gasteiger partial charge in [0.1, 0.15) is 0 Å². The van der Waals surface area contributed by atoms with Crippen molar-refractivity contribution in [2.24, 2.45) is 0 Å². The molecule has 0 aromatic heterocycles. The summed E-state index contributed by atoms with van der Waals surface area (Å²) >= 11 is 6.88. The number of alkyl halides is 2. The number of methoxy groups -OCH3 is 2. The van der Waals surface area contributed by atoms with Gasteiger partial charge >= 0.3 is 0 Å². The van der Waals surface area contributed by atoms with Gasteiger partial charge in [0.15, 0.2) is 11.5 Å². The molecule has 78 valence electrons. The fourth-order valence-corrected chi connectivity index (χ4v) is 2.26. The molecule has 0 aliphatic rings. The number of hydrogen-bond donors (Lipinski definition) is 0. The molecule has 0 heterocycles. The topological polar surface area (TPSA) is 18.5 Å². The lowest BCUT2D eigenvalue weighted by atomic mass is 10.1. The number of hydrogen-bond acceptors (Lipinski definition) is 2. The lowest BCUT2D eigenvalue weighted by molar-refractivity contribution is 0.354. The minimum absolute atomic E-state index is 0.770. The Labute approximate surface area is 101 Å². The van der Waals surface area contributed by atoms with Crippen LogP contribution in [0.1, 0.15) is 11.1 Å². The van der Waals surface area contributed by atoms with E-state index in [1.165, 1.54) is 11.1 Å². The monoisotopic (exact) mass is 322 g/mol. The number of rotatable bonds is 4. The van der Waals surface area contributed by atoms with Crippen LogP contribution in [0.4, 0.5) is 0 Å². The van der Waals surface area contributed by atoms with Crippen LogP contribution in [0.5, 0.6) is 11.5 Å². The second-order valence-corrected chi connectivity index (χ2v) is 3.86. The van der Waals surface area contributed by atoms with Crippen molar-refractivity contribution >= 4 is 31.9 Å². The Balaban J connectivity index is 3.20. The summed E-state index contributed by atoms with van der Waals surface area (Å²) in [5.41, 5.74) is 2.42. The van der Waals surface area contributed by atoms with Crippen molar-refractivity contribution in [1.82, 2.24) is 0 Å². The summed E-state index contributed by atoms with van der Waals surface area (Å²) in [5.74, 6) is 1.54. The molecule has 0 N–H and O–H groups in total. The summed E-state index contributed by atoms with van der Waals surface area (Å²) in [6, 6.07) is 3.98. The first-order chi connectivity index (χ1) is 6.76. The Kier molecular flexibility index (Phi) is 4.75.